The second-order valence-corrected chi connectivity index (χ2v) is 7.22. The maximum atomic E-state index is 13.2. The summed E-state index contributed by atoms with van der Waals surface area (Å²) in [6, 6.07) is 18.9. The van der Waals surface area contributed by atoms with Crippen LogP contribution in [0.25, 0.3) is 22.3 Å². The topological polar surface area (TPSA) is 73.9 Å². The third kappa shape index (κ3) is 3.05. The Morgan fingerprint density at radius 2 is 1.77 bits per heavy atom. The largest absolute Gasteiger partial charge is 0.604 e. The van der Waals surface area contributed by atoms with Crippen molar-refractivity contribution in [3.63, 3.8) is 0 Å². The van der Waals surface area contributed by atoms with E-state index in [1.54, 1.807) is 7.11 Å². The molecule has 6 heteroatoms. The van der Waals surface area contributed by atoms with Crippen LogP contribution in [0.3, 0.4) is 0 Å². The highest BCUT2D eigenvalue weighted by Crippen LogP contribution is 2.32. The van der Waals surface area contributed by atoms with Crippen molar-refractivity contribution in [3.05, 3.63) is 66.4 Å². The normalized spacial score (nSPS) is 12.3. The Bertz CT molecular complexity index is 1040. The zero-order chi connectivity index (χ0) is 18.1. The van der Waals surface area contributed by atoms with Gasteiger partial charge in [0.2, 0.25) is 0 Å². The number of nitrogens with one attached hydrogen (secondary N) is 1. The van der Waals surface area contributed by atoms with Crippen LogP contribution < -0.4 is 4.74 Å². The zero-order valence-corrected chi connectivity index (χ0v) is 15.2. The highest BCUT2D eigenvalue weighted by atomic mass is 32.2. The van der Waals surface area contributed by atoms with Gasteiger partial charge in [-0.1, -0.05) is 24.3 Å². The lowest BCUT2D eigenvalue weighted by atomic mass is 10.1. The average molecular weight is 363 g/mol. The molecule has 130 valence electrons. The highest BCUT2D eigenvalue weighted by molar-refractivity contribution is 7.91. The quantitative estimate of drug-likeness (QED) is 0.554. The highest BCUT2D eigenvalue weighted by Gasteiger charge is 2.24. The van der Waals surface area contributed by atoms with E-state index in [0.29, 0.717) is 10.1 Å². The number of aromatic nitrogens is 3. The molecule has 0 radical (unpaired) electrons. The van der Waals surface area contributed by atoms with Gasteiger partial charge in [-0.2, -0.15) is 4.98 Å². The molecule has 2 heterocycles. The first-order chi connectivity index (χ1) is 12.7. The maximum absolute atomic E-state index is 13.2. The van der Waals surface area contributed by atoms with Gasteiger partial charge in [0.1, 0.15) is 5.75 Å². The van der Waals surface area contributed by atoms with E-state index < -0.39 is 11.2 Å². The SMILES string of the molecule is COc1cc(C)nc(-c2ccccc2[S+]([O-])c2nc3ccccc3[nH]2)c1. The lowest BCUT2D eigenvalue weighted by Gasteiger charge is -2.12. The van der Waals surface area contributed by atoms with Gasteiger partial charge in [0.05, 0.1) is 40.6 Å². The molecule has 4 aromatic rings. The number of pyridine rings is 1. The predicted octanol–water partition coefficient (Wildman–Crippen LogP) is 4.11. The van der Waals surface area contributed by atoms with Crippen molar-refractivity contribution in [2.45, 2.75) is 17.0 Å². The van der Waals surface area contributed by atoms with Crippen LogP contribution in [-0.2, 0) is 11.2 Å². The van der Waals surface area contributed by atoms with Crippen LogP contribution in [-0.4, -0.2) is 26.6 Å². The number of hydrogen-bond donors (Lipinski definition) is 1. The van der Waals surface area contributed by atoms with Crippen LogP contribution in [0, 0.1) is 6.92 Å². The number of aromatic amines is 1. The summed E-state index contributed by atoms with van der Waals surface area (Å²) < 4.78 is 18.6. The summed E-state index contributed by atoms with van der Waals surface area (Å²) >= 11 is -1.45. The van der Waals surface area contributed by atoms with E-state index >= 15 is 0 Å². The van der Waals surface area contributed by atoms with Crippen LogP contribution in [0.4, 0.5) is 0 Å². The molecule has 0 saturated carbocycles. The second kappa shape index (κ2) is 6.82. The Morgan fingerprint density at radius 3 is 2.58 bits per heavy atom. The molecule has 4 rings (SSSR count). The number of ether oxygens (including phenoxy) is 1. The van der Waals surface area contributed by atoms with Gasteiger partial charge in [-0.05, 0) is 31.2 Å². The van der Waals surface area contributed by atoms with E-state index in [0.717, 1.165) is 33.7 Å². The molecule has 2 aromatic heterocycles. The van der Waals surface area contributed by atoms with Crippen LogP contribution in [0.1, 0.15) is 5.69 Å². The Labute approximate surface area is 154 Å². The molecule has 0 aliphatic carbocycles. The summed E-state index contributed by atoms with van der Waals surface area (Å²) in [7, 11) is 1.62. The number of imidazole rings is 1. The summed E-state index contributed by atoms with van der Waals surface area (Å²) in [6.45, 7) is 1.91. The summed E-state index contributed by atoms with van der Waals surface area (Å²) in [5.41, 5.74) is 4.02. The first kappa shape index (κ1) is 16.6. The molecule has 0 spiro atoms. The van der Waals surface area contributed by atoms with E-state index in [1.165, 1.54) is 0 Å². The molecule has 5 nitrogen and oxygen atoms in total. The second-order valence-electron chi connectivity index (χ2n) is 5.86. The van der Waals surface area contributed by atoms with Gasteiger partial charge in [-0.3, -0.25) is 9.97 Å². The third-order valence-electron chi connectivity index (χ3n) is 4.07. The molecular formula is C20H17N3O2S. The number of H-pyrrole nitrogens is 1. The molecule has 2 aromatic carbocycles. The van der Waals surface area contributed by atoms with E-state index in [1.807, 2.05) is 67.6 Å². The fourth-order valence-corrected chi connectivity index (χ4v) is 4.02. The molecule has 0 amide bonds. The fraction of sp³-hybridized carbons (Fsp3) is 0.100. The monoisotopic (exact) mass is 363 g/mol. The van der Waals surface area contributed by atoms with Crippen molar-refractivity contribution in [3.8, 4) is 17.0 Å². The van der Waals surface area contributed by atoms with Crippen LogP contribution in [0.15, 0.2) is 70.7 Å². The number of benzene rings is 2. The van der Waals surface area contributed by atoms with Gasteiger partial charge >= 0.3 is 5.16 Å². The number of methoxy groups -OCH3 is 1. The molecule has 1 N–H and O–H groups in total. The Kier molecular flexibility index (Phi) is 4.36. The third-order valence-corrected chi connectivity index (χ3v) is 5.37. The van der Waals surface area contributed by atoms with E-state index in [4.69, 9.17) is 4.74 Å². The first-order valence-corrected chi connectivity index (χ1v) is 9.29. The number of nitrogens with zero attached hydrogens (tertiary/aromatic N) is 2. The van der Waals surface area contributed by atoms with Crippen molar-refractivity contribution in [2.75, 3.05) is 7.11 Å². The average Bonchev–Trinajstić information content (AvgIpc) is 3.11. The molecule has 0 aliphatic rings. The molecule has 0 saturated heterocycles. The van der Waals surface area contributed by atoms with Gasteiger partial charge in [-0.15, -0.1) is 0 Å². The molecule has 0 bridgehead atoms. The van der Waals surface area contributed by atoms with E-state index in [-0.39, 0.29) is 0 Å². The number of aryl methyl sites for hydroxylation is 1. The Balaban J connectivity index is 1.81. The van der Waals surface area contributed by atoms with E-state index in [2.05, 4.69) is 15.0 Å². The van der Waals surface area contributed by atoms with E-state index in [9.17, 15) is 4.55 Å². The maximum Gasteiger partial charge on any atom is 0.327 e. The van der Waals surface area contributed by atoms with Crippen molar-refractivity contribution >= 4 is 22.2 Å². The first-order valence-electron chi connectivity index (χ1n) is 8.14. The van der Waals surface area contributed by atoms with Gasteiger partial charge in [0, 0.05) is 17.8 Å². The summed E-state index contributed by atoms with van der Waals surface area (Å²) in [4.78, 5) is 12.9. The van der Waals surface area contributed by atoms with Crippen molar-refractivity contribution in [2.24, 2.45) is 0 Å². The number of para-hydroxylation sites is 2. The minimum Gasteiger partial charge on any atom is -0.604 e. The molecule has 1 unspecified atom stereocenters. The van der Waals surface area contributed by atoms with Crippen LogP contribution in [0.5, 0.6) is 5.75 Å². The van der Waals surface area contributed by atoms with Crippen LogP contribution in [0.2, 0.25) is 0 Å². The lowest BCUT2D eigenvalue weighted by molar-refractivity contribution is 0.414. The molecule has 1 atom stereocenters. The van der Waals surface area contributed by atoms with Gasteiger partial charge in [0.15, 0.2) is 4.90 Å². The number of rotatable bonds is 4. The fourth-order valence-electron chi connectivity index (χ4n) is 2.85. The summed E-state index contributed by atoms with van der Waals surface area (Å²) in [6.07, 6.45) is 0. The molecule has 0 aliphatic heterocycles. The molecule has 26 heavy (non-hydrogen) atoms. The predicted molar refractivity (Wildman–Crippen MR) is 102 cm³/mol. The van der Waals surface area contributed by atoms with Gasteiger partial charge < -0.3 is 9.29 Å². The summed E-state index contributed by atoms with van der Waals surface area (Å²) in [5.74, 6) is 0.719. The van der Waals surface area contributed by atoms with Gasteiger partial charge in [0.25, 0.3) is 0 Å². The minimum absolute atomic E-state index is 0.429. The Morgan fingerprint density at radius 1 is 1.00 bits per heavy atom. The summed E-state index contributed by atoms with van der Waals surface area (Å²) in [5, 5.41) is 0.429. The van der Waals surface area contributed by atoms with Gasteiger partial charge in [-0.25, -0.2) is 0 Å². The minimum atomic E-state index is -1.45. The smallest absolute Gasteiger partial charge is 0.327 e. The molecular weight excluding hydrogens is 346 g/mol. The van der Waals surface area contributed by atoms with Crippen molar-refractivity contribution < 1.29 is 9.29 Å². The number of hydrogen-bond acceptors (Lipinski definition) is 4. The zero-order valence-electron chi connectivity index (χ0n) is 14.4. The standard InChI is InChI=1S/C20H17N3O2S/c1-13-11-14(25-2)12-18(21-13)15-7-3-6-10-19(15)26(24)20-22-16-8-4-5-9-17(16)23-20/h3-12H,1-2H3,(H,22,23). The van der Waals surface area contributed by atoms with Crippen molar-refractivity contribution in [1.82, 2.24) is 15.0 Å². The number of fused-ring (bicyclic) bond motifs is 1. The Hall–Kier alpha value is -2.83. The van der Waals surface area contributed by atoms with Crippen LogP contribution >= 0.6 is 0 Å². The molecule has 0 fully saturated rings. The van der Waals surface area contributed by atoms with Crippen molar-refractivity contribution in [1.29, 1.82) is 0 Å². The lowest BCUT2D eigenvalue weighted by Crippen LogP contribution is -2.06.